The van der Waals surface area contributed by atoms with Gasteiger partial charge in [-0.25, -0.2) is 8.42 Å². The quantitative estimate of drug-likeness (QED) is 0.429. The lowest BCUT2D eigenvalue weighted by molar-refractivity contribution is -0.137. The van der Waals surface area contributed by atoms with Crippen LogP contribution in [0.25, 0.3) is 6.08 Å². The summed E-state index contributed by atoms with van der Waals surface area (Å²) in [6.45, 7) is 0.505. The van der Waals surface area contributed by atoms with Crippen LogP contribution in [0.15, 0.2) is 72.0 Å². The maximum atomic E-state index is 12.7. The van der Waals surface area contributed by atoms with Gasteiger partial charge in [0.2, 0.25) is 0 Å². The predicted octanol–water partition coefficient (Wildman–Crippen LogP) is 4.65. The van der Waals surface area contributed by atoms with Crippen molar-refractivity contribution in [2.45, 2.75) is 30.7 Å². The van der Waals surface area contributed by atoms with Gasteiger partial charge in [0.1, 0.15) is 0 Å². The SMILES string of the molecule is O=C(O)CCC/C=C\c1cc(NS(=O)(=O)c2ccc(Cl)cc2)cn1Cc1cccnc1. The molecule has 7 nitrogen and oxygen atoms in total. The number of pyridine rings is 1. The molecule has 0 aliphatic rings. The molecule has 0 amide bonds. The third kappa shape index (κ3) is 6.70. The predicted molar refractivity (Wildman–Crippen MR) is 121 cm³/mol. The standard InChI is InChI=1S/C22H22ClN3O4S/c23-18-8-10-21(11-9-18)31(29,30)25-19-13-20(6-2-1-3-7-22(27)28)26(16-19)15-17-5-4-12-24-14-17/h2,4-6,8-14,16,25H,1,3,7,15H2,(H,27,28)/b6-2-. The van der Waals surface area contributed by atoms with Crippen LogP contribution >= 0.6 is 11.6 Å². The van der Waals surface area contributed by atoms with Crippen molar-refractivity contribution in [2.75, 3.05) is 4.72 Å². The van der Waals surface area contributed by atoms with E-state index in [4.69, 9.17) is 16.7 Å². The molecular weight excluding hydrogens is 438 g/mol. The zero-order chi connectivity index (χ0) is 22.3. The lowest BCUT2D eigenvalue weighted by Crippen LogP contribution is -2.12. The molecule has 0 aliphatic heterocycles. The summed E-state index contributed by atoms with van der Waals surface area (Å²) >= 11 is 5.85. The van der Waals surface area contributed by atoms with Crippen LogP contribution in [0, 0.1) is 0 Å². The van der Waals surface area contributed by atoms with Gasteiger partial charge in [0.25, 0.3) is 10.0 Å². The average molecular weight is 460 g/mol. The van der Waals surface area contributed by atoms with Crippen molar-refractivity contribution in [2.24, 2.45) is 0 Å². The van der Waals surface area contributed by atoms with Gasteiger partial charge in [0, 0.05) is 42.3 Å². The van der Waals surface area contributed by atoms with Gasteiger partial charge < -0.3 is 9.67 Å². The van der Waals surface area contributed by atoms with Crippen molar-refractivity contribution in [3.05, 3.63) is 83.4 Å². The fraction of sp³-hybridized carbons (Fsp3) is 0.182. The topological polar surface area (TPSA) is 101 Å². The zero-order valence-electron chi connectivity index (χ0n) is 16.6. The average Bonchev–Trinajstić information content (AvgIpc) is 3.08. The normalized spacial score (nSPS) is 11.6. The van der Waals surface area contributed by atoms with Crippen molar-refractivity contribution in [3.8, 4) is 0 Å². The number of allylic oxidation sites excluding steroid dienone is 1. The second-order valence-electron chi connectivity index (χ2n) is 6.89. The van der Waals surface area contributed by atoms with E-state index in [0.29, 0.717) is 30.1 Å². The highest BCUT2D eigenvalue weighted by Crippen LogP contribution is 2.22. The van der Waals surface area contributed by atoms with Crippen LogP contribution in [-0.2, 0) is 21.4 Å². The Balaban J connectivity index is 1.82. The van der Waals surface area contributed by atoms with Crippen LogP contribution in [0.2, 0.25) is 5.02 Å². The molecular formula is C22H22ClN3O4S. The molecule has 0 saturated carbocycles. The Labute approximate surface area is 186 Å². The summed E-state index contributed by atoms with van der Waals surface area (Å²) in [7, 11) is -3.77. The number of unbranched alkanes of at least 4 members (excludes halogenated alkanes) is 1. The number of aliphatic carboxylic acids is 1. The molecule has 0 radical (unpaired) electrons. The lowest BCUT2D eigenvalue weighted by atomic mass is 10.2. The monoisotopic (exact) mass is 459 g/mol. The number of sulfonamides is 1. The van der Waals surface area contributed by atoms with E-state index in [0.717, 1.165) is 11.3 Å². The van der Waals surface area contributed by atoms with Gasteiger partial charge in [0.15, 0.2) is 0 Å². The Hall–Kier alpha value is -3.10. The van der Waals surface area contributed by atoms with Crippen LogP contribution < -0.4 is 4.72 Å². The number of benzene rings is 1. The molecule has 31 heavy (non-hydrogen) atoms. The van der Waals surface area contributed by atoms with Crippen LogP contribution in [0.3, 0.4) is 0 Å². The van der Waals surface area contributed by atoms with Gasteiger partial charge in [-0.3, -0.25) is 14.5 Å². The Morgan fingerprint density at radius 1 is 1.23 bits per heavy atom. The number of hydrogen-bond acceptors (Lipinski definition) is 4. The summed E-state index contributed by atoms with van der Waals surface area (Å²) in [6.07, 6.45) is 10.1. The van der Waals surface area contributed by atoms with Crippen LogP contribution in [0.1, 0.15) is 30.5 Å². The molecule has 1 aromatic carbocycles. The van der Waals surface area contributed by atoms with Crippen molar-refractivity contribution >= 4 is 39.4 Å². The van der Waals surface area contributed by atoms with E-state index in [1.54, 1.807) is 24.7 Å². The first-order valence-electron chi connectivity index (χ1n) is 9.59. The number of hydrogen-bond donors (Lipinski definition) is 2. The van der Waals surface area contributed by atoms with Gasteiger partial charge in [-0.2, -0.15) is 0 Å². The highest BCUT2D eigenvalue weighted by atomic mass is 35.5. The van der Waals surface area contributed by atoms with Gasteiger partial charge >= 0.3 is 5.97 Å². The summed E-state index contributed by atoms with van der Waals surface area (Å²) in [6, 6.07) is 11.4. The van der Waals surface area contributed by atoms with Gasteiger partial charge in [-0.05, 0) is 60.9 Å². The number of carboxylic acids is 1. The van der Waals surface area contributed by atoms with Gasteiger partial charge in [0.05, 0.1) is 10.6 Å². The van der Waals surface area contributed by atoms with E-state index in [1.165, 1.54) is 24.3 Å². The summed E-state index contributed by atoms with van der Waals surface area (Å²) in [4.78, 5) is 14.9. The van der Waals surface area contributed by atoms with E-state index in [2.05, 4.69) is 9.71 Å². The molecule has 0 unspecified atom stereocenters. The number of anilines is 1. The minimum Gasteiger partial charge on any atom is -0.481 e. The highest BCUT2D eigenvalue weighted by Gasteiger charge is 2.16. The summed E-state index contributed by atoms with van der Waals surface area (Å²) < 4.78 is 29.9. The van der Waals surface area contributed by atoms with E-state index in [-0.39, 0.29) is 11.3 Å². The Morgan fingerprint density at radius 3 is 2.68 bits per heavy atom. The fourth-order valence-electron chi connectivity index (χ4n) is 2.95. The number of nitrogens with zero attached hydrogens (tertiary/aromatic N) is 2. The molecule has 3 rings (SSSR count). The number of halogens is 1. The molecule has 0 aliphatic carbocycles. The molecule has 0 saturated heterocycles. The number of aromatic nitrogens is 2. The fourth-order valence-corrected chi connectivity index (χ4v) is 4.11. The third-order valence-corrected chi connectivity index (χ3v) is 6.08. The molecule has 2 heterocycles. The smallest absolute Gasteiger partial charge is 0.303 e. The minimum absolute atomic E-state index is 0.104. The molecule has 162 valence electrons. The molecule has 2 aromatic heterocycles. The van der Waals surface area contributed by atoms with E-state index < -0.39 is 16.0 Å². The summed E-state index contributed by atoms with van der Waals surface area (Å²) in [5, 5.41) is 9.21. The summed E-state index contributed by atoms with van der Waals surface area (Å²) in [5.41, 5.74) is 2.17. The number of carbonyl (C=O) groups is 1. The molecule has 0 bridgehead atoms. The lowest BCUT2D eigenvalue weighted by Gasteiger charge is -2.07. The van der Waals surface area contributed by atoms with Crippen molar-refractivity contribution in [1.82, 2.24) is 9.55 Å². The number of rotatable bonds is 10. The maximum absolute atomic E-state index is 12.7. The first-order valence-corrected chi connectivity index (χ1v) is 11.5. The van der Waals surface area contributed by atoms with Crippen LogP contribution in [-0.4, -0.2) is 29.0 Å². The van der Waals surface area contributed by atoms with Crippen LogP contribution in [0.4, 0.5) is 5.69 Å². The van der Waals surface area contributed by atoms with Crippen LogP contribution in [0.5, 0.6) is 0 Å². The number of carboxylic acid groups (broad SMARTS) is 1. The first-order chi connectivity index (χ1) is 14.8. The Bertz CT molecular complexity index is 1160. The zero-order valence-corrected chi connectivity index (χ0v) is 18.2. The van der Waals surface area contributed by atoms with Gasteiger partial charge in [-0.15, -0.1) is 0 Å². The molecule has 3 aromatic rings. The molecule has 0 atom stereocenters. The van der Waals surface area contributed by atoms with E-state index in [9.17, 15) is 13.2 Å². The first kappa shape index (κ1) is 22.6. The third-order valence-electron chi connectivity index (χ3n) is 4.43. The minimum atomic E-state index is -3.77. The Kier molecular flexibility index (Phi) is 7.49. The number of nitrogens with one attached hydrogen (secondary N) is 1. The largest absolute Gasteiger partial charge is 0.481 e. The van der Waals surface area contributed by atoms with Crippen molar-refractivity contribution in [1.29, 1.82) is 0 Å². The van der Waals surface area contributed by atoms with E-state index >= 15 is 0 Å². The highest BCUT2D eigenvalue weighted by molar-refractivity contribution is 7.92. The molecule has 0 spiro atoms. The second-order valence-corrected chi connectivity index (χ2v) is 9.01. The van der Waals surface area contributed by atoms with Gasteiger partial charge in [-0.1, -0.05) is 23.7 Å². The molecule has 9 heteroatoms. The van der Waals surface area contributed by atoms with Crippen molar-refractivity contribution in [3.63, 3.8) is 0 Å². The summed E-state index contributed by atoms with van der Waals surface area (Å²) in [5.74, 6) is -0.827. The molecule has 2 N–H and O–H groups in total. The van der Waals surface area contributed by atoms with E-state index in [1.807, 2.05) is 28.9 Å². The maximum Gasteiger partial charge on any atom is 0.303 e. The van der Waals surface area contributed by atoms with Crippen molar-refractivity contribution < 1.29 is 18.3 Å². The molecule has 0 fully saturated rings. The second kappa shape index (κ2) is 10.3. The Morgan fingerprint density at radius 2 is 2.00 bits per heavy atom.